The molecule has 116 valence electrons. The van der Waals surface area contributed by atoms with E-state index in [-0.39, 0.29) is 24.5 Å². The van der Waals surface area contributed by atoms with Gasteiger partial charge in [-0.15, -0.1) is 0 Å². The summed E-state index contributed by atoms with van der Waals surface area (Å²) in [5.41, 5.74) is 0.668. The fraction of sp³-hybridized carbons (Fsp3) is 0.125. The minimum absolute atomic E-state index is 0.0375. The molecule has 0 saturated heterocycles. The van der Waals surface area contributed by atoms with E-state index < -0.39 is 10.9 Å². The Morgan fingerprint density at radius 3 is 2.30 bits per heavy atom. The van der Waals surface area contributed by atoms with Gasteiger partial charge < -0.3 is 9.47 Å². The summed E-state index contributed by atoms with van der Waals surface area (Å²) in [7, 11) is 0. The van der Waals surface area contributed by atoms with Crippen molar-refractivity contribution in [3.63, 3.8) is 0 Å². The van der Waals surface area contributed by atoms with Crippen LogP contribution in [0.15, 0.2) is 48.5 Å². The summed E-state index contributed by atoms with van der Waals surface area (Å²) in [6, 6.07) is 13.7. The van der Waals surface area contributed by atoms with Crippen molar-refractivity contribution < 1.29 is 19.2 Å². The quantitative estimate of drug-likeness (QED) is 0.351. The molecule has 7 nitrogen and oxygen atoms in total. The monoisotopic (exact) mass is 312 g/mol. The second-order valence-electron chi connectivity index (χ2n) is 4.42. The maximum atomic E-state index is 11.7. The Hall–Kier alpha value is -3.40. The Balaban J connectivity index is 1.78. The van der Waals surface area contributed by atoms with Gasteiger partial charge in [-0.25, -0.2) is 4.79 Å². The van der Waals surface area contributed by atoms with Crippen LogP contribution >= 0.6 is 0 Å². The summed E-state index contributed by atoms with van der Waals surface area (Å²) in [6.45, 7) is 0.195. The van der Waals surface area contributed by atoms with E-state index in [9.17, 15) is 14.9 Å². The lowest BCUT2D eigenvalue weighted by Gasteiger charge is -2.07. The van der Waals surface area contributed by atoms with Gasteiger partial charge >= 0.3 is 5.97 Å². The molecule has 0 aliphatic heterocycles. The van der Waals surface area contributed by atoms with Gasteiger partial charge in [0.05, 0.1) is 22.1 Å². The first kappa shape index (κ1) is 16.0. The SMILES string of the molecule is N#Cc1ccc(OCCOC(=O)c2ccc([N+](=O)[O-])cc2)cc1. The largest absolute Gasteiger partial charge is 0.490 e. The summed E-state index contributed by atoms with van der Waals surface area (Å²) in [6.07, 6.45) is 0. The van der Waals surface area contributed by atoms with E-state index in [1.807, 2.05) is 6.07 Å². The molecule has 0 aliphatic rings. The van der Waals surface area contributed by atoms with Crippen molar-refractivity contribution >= 4 is 11.7 Å². The van der Waals surface area contributed by atoms with E-state index >= 15 is 0 Å². The van der Waals surface area contributed by atoms with Gasteiger partial charge in [0.15, 0.2) is 0 Å². The van der Waals surface area contributed by atoms with Gasteiger partial charge in [0.1, 0.15) is 19.0 Å². The van der Waals surface area contributed by atoms with Crippen molar-refractivity contribution in [2.45, 2.75) is 0 Å². The Morgan fingerprint density at radius 2 is 1.74 bits per heavy atom. The van der Waals surface area contributed by atoms with Gasteiger partial charge in [-0.1, -0.05) is 0 Å². The van der Waals surface area contributed by atoms with Crippen molar-refractivity contribution in [1.82, 2.24) is 0 Å². The number of carbonyl (C=O) groups is 1. The Morgan fingerprint density at radius 1 is 1.09 bits per heavy atom. The number of nitro groups is 1. The molecule has 0 atom stereocenters. The van der Waals surface area contributed by atoms with Crippen LogP contribution in [0.2, 0.25) is 0 Å². The van der Waals surface area contributed by atoms with Crippen LogP contribution in [0, 0.1) is 21.4 Å². The lowest BCUT2D eigenvalue weighted by molar-refractivity contribution is -0.384. The summed E-state index contributed by atoms with van der Waals surface area (Å²) < 4.78 is 10.4. The lowest BCUT2D eigenvalue weighted by Crippen LogP contribution is -2.12. The van der Waals surface area contributed by atoms with Crippen molar-refractivity contribution in [3.05, 3.63) is 69.8 Å². The average molecular weight is 312 g/mol. The molecule has 0 spiro atoms. The van der Waals surface area contributed by atoms with E-state index in [1.165, 1.54) is 24.3 Å². The van der Waals surface area contributed by atoms with E-state index in [0.29, 0.717) is 11.3 Å². The van der Waals surface area contributed by atoms with Gasteiger partial charge in [-0.3, -0.25) is 10.1 Å². The molecular formula is C16H12N2O5. The highest BCUT2D eigenvalue weighted by Gasteiger charge is 2.10. The Kier molecular flexibility index (Phi) is 5.25. The Bertz CT molecular complexity index is 733. The molecule has 0 fully saturated rings. The van der Waals surface area contributed by atoms with Gasteiger partial charge in [0.25, 0.3) is 5.69 Å². The molecule has 0 saturated carbocycles. The molecule has 0 heterocycles. The van der Waals surface area contributed by atoms with E-state index in [0.717, 1.165) is 0 Å². The molecule has 2 rings (SSSR count). The minimum Gasteiger partial charge on any atom is -0.490 e. The number of non-ortho nitro benzene ring substituents is 1. The van der Waals surface area contributed by atoms with Crippen molar-refractivity contribution in [1.29, 1.82) is 5.26 Å². The highest BCUT2D eigenvalue weighted by Crippen LogP contribution is 2.13. The van der Waals surface area contributed by atoms with Crippen LogP contribution in [0.4, 0.5) is 5.69 Å². The van der Waals surface area contributed by atoms with E-state index in [4.69, 9.17) is 14.7 Å². The van der Waals surface area contributed by atoms with E-state index in [1.54, 1.807) is 24.3 Å². The van der Waals surface area contributed by atoms with Crippen LogP contribution in [-0.2, 0) is 4.74 Å². The molecule has 0 aliphatic carbocycles. The highest BCUT2D eigenvalue weighted by molar-refractivity contribution is 5.89. The molecule has 0 radical (unpaired) electrons. The van der Waals surface area contributed by atoms with Crippen LogP contribution in [-0.4, -0.2) is 24.1 Å². The second-order valence-corrected chi connectivity index (χ2v) is 4.42. The van der Waals surface area contributed by atoms with E-state index in [2.05, 4.69) is 0 Å². The van der Waals surface area contributed by atoms with Crippen LogP contribution in [0.1, 0.15) is 15.9 Å². The third-order valence-corrected chi connectivity index (χ3v) is 2.88. The first-order chi connectivity index (χ1) is 11.1. The zero-order valence-electron chi connectivity index (χ0n) is 12.0. The predicted molar refractivity (Wildman–Crippen MR) is 80.0 cm³/mol. The summed E-state index contributed by atoms with van der Waals surface area (Å²) in [4.78, 5) is 21.7. The topological polar surface area (TPSA) is 102 Å². The molecule has 0 aromatic heterocycles. The maximum Gasteiger partial charge on any atom is 0.338 e. The average Bonchev–Trinajstić information content (AvgIpc) is 2.59. The normalized spacial score (nSPS) is 9.70. The van der Waals surface area contributed by atoms with Crippen molar-refractivity contribution in [2.24, 2.45) is 0 Å². The number of benzene rings is 2. The number of nitrogens with zero attached hydrogens (tertiary/aromatic N) is 2. The molecule has 2 aromatic carbocycles. The molecule has 7 heteroatoms. The molecule has 2 aromatic rings. The third-order valence-electron chi connectivity index (χ3n) is 2.88. The van der Waals surface area contributed by atoms with Crippen molar-refractivity contribution in [2.75, 3.05) is 13.2 Å². The smallest absolute Gasteiger partial charge is 0.338 e. The number of nitro benzene ring substituents is 1. The summed E-state index contributed by atoms with van der Waals surface area (Å²) >= 11 is 0. The zero-order valence-corrected chi connectivity index (χ0v) is 12.0. The number of esters is 1. The van der Waals surface area contributed by atoms with Crippen LogP contribution in [0.5, 0.6) is 5.75 Å². The molecule has 0 unspecified atom stereocenters. The standard InChI is InChI=1S/C16H12N2O5/c17-11-12-1-7-15(8-2-12)22-9-10-23-16(19)13-3-5-14(6-4-13)18(20)21/h1-8H,9-10H2. The number of ether oxygens (including phenoxy) is 2. The van der Waals surface area contributed by atoms with Crippen molar-refractivity contribution in [3.8, 4) is 11.8 Å². The molecule has 0 amide bonds. The van der Waals surface area contributed by atoms with Crippen LogP contribution < -0.4 is 4.74 Å². The maximum absolute atomic E-state index is 11.7. The number of nitriles is 1. The van der Waals surface area contributed by atoms with Gasteiger partial charge in [0.2, 0.25) is 0 Å². The van der Waals surface area contributed by atoms with Gasteiger partial charge in [-0.2, -0.15) is 5.26 Å². The lowest BCUT2D eigenvalue weighted by atomic mass is 10.2. The number of hydrogen-bond acceptors (Lipinski definition) is 6. The highest BCUT2D eigenvalue weighted by atomic mass is 16.6. The predicted octanol–water partition coefficient (Wildman–Crippen LogP) is 2.70. The number of rotatable bonds is 6. The van der Waals surface area contributed by atoms with Crippen LogP contribution in [0.3, 0.4) is 0 Å². The molecule has 0 bridgehead atoms. The zero-order chi connectivity index (χ0) is 16.7. The molecule has 0 N–H and O–H groups in total. The number of carbonyl (C=O) groups excluding carboxylic acids is 1. The minimum atomic E-state index is -0.580. The fourth-order valence-electron chi connectivity index (χ4n) is 1.72. The summed E-state index contributed by atoms with van der Waals surface area (Å²) in [5, 5.41) is 19.2. The Labute approximate surface area is 131 Å². The third kappa shape index (κ3) is 4.54. The first-order valence-electron chi connectivity index (χ1n) is 6.64. The summed E-state index contributed by atoms with van der Waals surface area (Å²) in [5.74, 6) is -0.0151. The molecule has 23 heavy (non-hydrogen) atoms. The second kappa shape index (κ2) is 7.56. The van der Waals surface area contributed by atoms with Gasteiger partial charge in [0, 0.05) is 12.1 Å². The first-order valence-corrected chi connectivity index (χ1v) is 6.64. The fourth-order valence-corrected chi connectivity index (χ4v) is 1.72. The number of hydrogen-bond donors (Lipinski definition) is 0. The van der Waals surface area contributed by atoms with Crippen LogP contribution in [0.25, 0.3) is 0 Å². The van der Waals surface area contributed by atoms with Gasteiger partial charge in [-0.05, 0) is 36.4 Å². The molecular weight excluding hydrogens is 300 g/mol.